The van der Waals surface area contributed by atoms with Crippen molar-refractivity contribution in [2.45, 2.75) is 19.9 Å². The Labute approximate surface area is 135 Å². The van der Waals surface area contributed by atoms with Gasteiger partial charge in [-0.25, -0.2) is 0 Å². The van der Waals surface area contributed by atoms with E-state index in [1.165, 1.54) is 0 Å². The van der Waals surface area contributed by atoms with Crippen LogP contribution in [0.3, 0.4) is 0 Å². The van der Waals surface area contributed by atoms with Crippen molar-refractivity contribution in [2.24, 2.45) is 0 Å². The van der Waals surface area contributed by atoms with Crippen molar-refractivity contribution < 1.29 is 0 Å². The number of pyridine rings is 1. The molecule has 0 amide bonds. The van der Waals surface area contributed by atoms with Crippen LogP contribution in [-0.2, 0) is 0 Å². The van der Waals surface area contributed by atoms with Crippen molar-refractivity contribution >= 4 is 17.6 Å². The van der Waals surface area contributed by atoms with Crippen LogP contribution in [-0.4, -0.2) is 26.0 Å². The molecular weight excluding hydrogens is 288 g/mol. The van der Waals surface area contributed by atoms with E-state index < -0.39 is 0 Å². The summed E-state index contributed by atoms with van der Waals surface area (Å²) in [5, 5.41) is 6.41. The molecule has 3 rings (SSSR count). The van der Waals surface area contributed by atoms with Crippen LogP contribution in [0, 0.1) is 0 Å². The zero-order valence-corrected chi connectivity index (χ0v) is 13.1. The second-order valence-electron chi connectivity index (χ2n) is 5.33. The quantitative estimate of drug-likeness (QED) is 0.751. The summed E-state index contributed by atoms with van der Waals surface area (Å²) >= 11 is 0. The Morgan fingerprint density at radius 3 is 2.22 bits per heavy atom. The van der Waals surface area contributed by atoms with Gasteiger partial charge in [0.25, 0.3) is 0 Å². The first kappa shape index (κ1) is 14.9. The van der Waals surface area contributed by atoms with Gasteiger partial charge >= 0.3 is 0 Å². The lowest BCUT2D eigenvalue weighted by molar-refractivity contribution is 0.869. The van der Waals surface area contributed by atoms with E-state index in [9.17, 15) is 0 Å². The molecule has 1 aromatic carbocycles. The third-order valence-corrected chi connectivity index (χ3v) is 3.02. The summed E-state index contributed by atoms with van der Waals surface area (Å²) < 4.78 is 0. The van der Waals surface area contributed by atoms with Gasteiger partial charge in [0, 0.05) is 29.7 Å². The van der Waals surface area contributed by atoms with Gasteiger partial charge in [-0.3, -0.25) is 4.98 Å². The Kier molecular flexibility index (Phi) is 4.42. The van der Waals surface area contributed by atoms with E-state index in [4.69, 9.17) is 0 Å². The van der Waals surface area contributed by atoms with E-state index in [1.54, 1.807) is 12.4 Å². The average Bonchev–Trinajstić information content (AvgIpc) is 2.56. The fourth-order valence-electron chi connectivity index (χ4n) is 2.04. The van der Waals surface area contributed by atoms with Gasteiger partial charge in [-0.05, 0) is 26.0 Å². The molecule has 0 fully saturated rings. The molecule has 6 nitrogen and oxygen atoms in total. The van der Waals surface area contributed by atoms with Crippen molar-refractivity contribution in [3.05, 3.63) is 54.9 Å². The van der Waals surface area contributed by atoms with Crippen molar-refractivity contribution in [3.8, 4) is 11.4 Å². The third kappa shape index (κ3) is 4.00. The van der Waals surface area contributed by atoms with Gasteiger partial charge in [-0.2, -0.15) is 15.0 Å². The molecule has 0 aliphatic rings. The molecule has 0 spiro atoms. The summed E-state index contributed by atoms with van der Waals surface area (Å²) in [5.41, 5.74) is 1.82. The predicted molar refractivity (Wildman–Crippen MR) is 91.5 cm³/mol. The maximum Gasteiger partial charge on any atom is 0.232 e. The molecule has 116 valence electrons. The SMILES string of the molecule is CC(C)Nc1nc(Nc2ccncc2)nc(-c2ccccc2)n1. The van der Waals surface area contributed by atoms with Crippen molar-refractivity contribution in [1.29, 1.82) is 0 Å². The van der Waals surface area contributed by atoms with Crippen LogP contribution in [0.25, 0.3) is 11.4 Å². The van der Waals surface area contributed by atoms with Gasteiger partial charge in [-0.15, -0.1) is 0 Å². The van der Waals surface area contributed by atoms with E-state index in [0.29, 0.717) is 17.7 Å². The van der Waals surface area contributed by atoms with Gasteiger partial charge in [0.05, 0.1) is 0 Å². The number of anilines is 3. The van der Waals surface area contributed by atoms with E-state index in [-0.39, 0.29) is 6.04 Å². The topological polar surface area (TPSA) is 75.6 Å². The Balaban J connectivity index is 1.98. The highest BCUT2D eigenvalue weighted by atomic mass is 15.2. The minimum absolute atomic E-state index is 0.231. The molecule has 2 heterocycles. The van der Waals surface area contributed by atoms with Crippen molar-refractivity contribution in [1.82, 2.24) is 19.9 Å². The second-order valence-corrected chi connectivity index (χ2v) is 5.33. The van der Waals surface area contributed by atoms with E-state index in [1.807, 2.05) is 56.3 Å². The average molecular weight is 306 g/mol. The minimum atomic E-state index is 0.231. The van der Waals surface area contributed by atoms with Gasteiger partial charge in [0.15, 0.2) is 5.82 Å². The second kappa shape index (κ2) is 6.83. The molecule has 0 unspecified atom stereocenters. The first-order valence-electron chi connectivity index (χ1n) is 7.46. The molecule has 0 saturated carbocycles. The molecule has 3 aromatic rings. The highest BCUT2D eigenvalue weighted by Gasteiger charge is 2.09. The monoisotopic (exact) mass is 306 g/mol. The normalized spacial score (nSPS) is 10.6. The molecule has 6 heteroatoms. The zero-order valence-electron chi connectivity index (χ0n) is 13.1. The summed E-state index contributed by atoms with van der Waals surface area (Å²) in [7, 11) is 0. The van der Waals surface area contributed by atoms with Crippen LogP contribution < -0.4 is 10.6 Å². The number of nitrogens with one attached hydrogen (secondary N) is 2. The molecule has 2 N–H and O–H groups in total. The number of nitrogens with zero attached hydrogens (tertiary/aromatic N) is 4. The minimum Gasteiger partial charge on any atom is -0.352 e. The lowest BCUT2D eigenvalue weighted by Crippen LogP contribution is -2.14. The van der Waals surface area contributed by atoms with Crippen LogP contribution in [0.4, 0.5) is 17.6 Å². The van der Waals surface area contributed by atoms with Gasteiger partial charge in [-0.1, -0.05) is 30.3 Å². The Morgan fingerprint density at radius 2 is 1.52 bits per heavy atom. The number of hydrogen-bond acceptors (Lipinski definition) is 6. The molecule has 0 saturated heterocycles. The van der Waals surface area contributed by atoms with E-state index >= 15 is 0 Å². The predicted octanol–water partition coefficient (Wildman–Crippen LogP) is 3.50. The fraction of sp³-hybridized carbons (Fsp3) is 0.176. The van der Waals surface area contributed by atoms with Gasteiger partial charge in [0.2, 0.25) is 11.9 Å². The molecule has 23 heavy (non-hydrogen) atoms. The third-order valence-electron chi connectivity index (χ3n) is 3.02. The number of hydrogen-bond donors (Lipinski definition) is 2. The molecule has 0 atom stereocenters. The number of rotatable bonds is 5. The van der Waals surface area contributed by atoms with Crippen LogP contribution in [0.1, 0.15) is 13.8 Å². The Bertz CT molecular complexity index is 759. The number of aromatic nitrogens is 4. The lowest BCUT2D eigenvalue weighted by Gasteiger charge is -2.12. The summed E-state index contributed by atoms with van der Waals surface area (Å²) in [6.45, 7) is 4.09. The van der Waals surface area contributed by atoms with Gasteiger partial charge in [0.1, 0.15) is 0 Å². The van der Waals surface area contributed by atoms with Crippen molar-refractivity contribution in [3.63, 3.8) is 0 Å². The summed E-state index contributed by atoms with van der Waals surface area (Å²) in [6.07, 6.45) is 3.43. The highest BCUT2D eigenvalue weighted by Crippen LogP contribution is 2.19. The fourth-order valence-corrected chi connectivity index (χ4v) is 2.04. The van der Waals surface area contributed by atoms with E-state index in [0.717, 1.165) is 11.3 Å². The number of benzene rings is 1. The summed E-state index contributed by atoms with van der Waals surface area (Å²) in [4.78, 5) is 17.4. The summed E-state index contributed by atoms with van der Waals surface area (Å²) in [5.74, 6) is 1.67. The van der Waals surface area contributed by atoms with E-state index in [2.05, 4.69) is 30.6 Å². The van der Waals surface area contributed by atoms with Crippen LogP contribution in [0.2, 0.25) is 0 Å². The van der Waals surface area contributed by atoms with Crippen LogP contribution in [0.5, 0.6) is 0 Å². The molecule has 0 aliphatic carbocycles. The van der Waals surface area contributed by atoms with Gasteiger partial charge < -0.3 is 10.6 Å². The highest BCUT2D eigenvalue weighted by molar-refractivity contribution is 5.60. The molecule has 0 aliphatic heterocycles. The van der Waals surface area contributed by atoms with Crippen LogP contribution >= 0.6 is 0 Å². The maximum atomic E-state index is 4.51. The maximum absolute atomic E-state index is 4.51. The lowest BCUT2D eigenvalue weighted by atomic mass is 10.2. The molecule has 2 aromatic heterocycles. The zero-order chi connectivity index (χ0) is 16.1. The molecular formula is C17H18N6. The Hall–Kier alpha value is -3.02. The molecule has 0 radical (unpaired) electrons. The summed E-state index contributed by atoms with van der Waals surface area (Å²) in [6, 6.07) is 13.8. The smallest absolute Gasteiger partial charge is 0.232 e. The molecule has 0 bridgehead atoms. The first-order chi connectivity index (χ1) is 11.2. The largest absolute Gasteiger partial charge is 0.352 e. The Morgan fingerprint density at radius 1 is 0.826 bits per heavy atom. The standard InChI is InChI=1S/C17H18N6/c1-12(2)19-16-21-15(13-6-4-3-5-7-13)22-17(23-16)20-14-8-10-18-11-9-14/h3-12H,1-2H3,(H2,18,19,20,21,22,23). The first-order valence-corrected chi connectivity index (χ1v) is 7.46. The van der Waals surface area contributed by atoms with Crippen LogP contribution in [0.15, 0.2) is 54.9 Å². The van der Waals surface area contributed by atoms with Crippen molar-refractivity contribution in [2.75, 3.05) is 10.6 Å².